The van der Waals surface area contributed by atoms with Gasteiger partial charge in [0.25, 0.3) is 0 Å². The molecule has 0 unspecified atom stereocenters. The molecule has 4 heteroatoms. The van der Waals surface area contributed by atoms with Gasteiger partial charge in [0.15, 0.2) is 0 Å². The van der Waals surface area contributed by atoms with Crippen molar-refractivity contribution in [2.75, 3.05) is 6.61 Å². The topological polar surface area (TPSA) is 64.1 Å². The van der Waals surface area contributed by atoms with E-state index in [1.165, 1.54) is 0 Å². The Labute approximate surface area is 59.3 Å². The highest BCUT2D eigenvalue weighted by atomic mass is 16.3. The van der Waals surface area contributed by atoms with E-state index in [0.29, 0.717) is 13.1 Å². The Kier molecular flexibility index (Phi) is 2.42. The van der Waals surface area contributed by atoms with Crippen molar-refractivity contribution in [1.29, 1.82) is 0 Å². The lowest BCUT2D eigenvalue weighted by Crippen LogP contribution is -2.01. The summed E-state index contributed by atoms with van der Waals surface area (Å²) in [5.74, 6) is 0. The second kappa shape index (κ2) is 3.34. The highest BCUT2D eigenvalue weighted by Gasteiger charge is 1.93. The minimum Gasteiger partial charge on any atom is -0.394 e. The summed E-state index contributed by atoms with van der Waals surface area (Å²) in [5.41, 5.74) is 6.34. The minimum absolute atomic E-state index is 0.117. The molecule has 0 aliphatic carbocycles. The van der Waals surface area contributed by atoms with Crippen molar-refractivity contribution in [2.45, 2.75) is 13.1 Å². The molecule has 0 radical (unpaired) electrons. The van der Waals surface area contributed by atoms with Crippen LogP contribution in [0.5, 0.6) is 0 Å². The second-order valence-electron chi connectivity index (χ2n) is 2.04. The number of hydrogen-bond donors (Lipinski definition) is 2. The Morgan fingerprint density at radius 1 is 1.70 bits per heavy atom. The van der Waals surface area contributed by atoms with Crippen LogP contribution in [0.1, 0.15) is 5.56 Å². The summed E-state index contributed by atoms with van der Waals surface area (Å²) in [6.07, 6.45) is 3.53. The normalized spacial score (nSPS) is 10.2. The van der Waals surface area contributed by atoms with E-state index in [2.05, 4.69) is 5.10 Å². The van der Waals surface area contributed by atoms with E-state index in [0.717, 1.165) is 5.56 Å². The number of aliphatic hydroxyl groups is 1. The fraction of sp³-hybridized carbons (Fsp3) is 0.500. The zero-order valence-electron chi connectivity index (χ0n) is 5.70. The summed E-state index contributed by atoms with van der Waals surface area (Å²) in [5, 5.41) is 12.5. The van der Waals surface area contributed by atoms with Gasteiger partial charge in [-0.05, 0) is 0 Å². The lowest BCUT2D eigenvalue weighted by molar-refractivity contribution is 0.269. The first-order chi connectivity index (χ1) is 4.86. The summed E-state index contributed by atoms with van der Waals surface area (Å²) in [7, 11) is 0. The number of aromatic nitrogens is 2. The zero-order valence-corrected chi connectivity index (χ0v) is 5.70. The van der Waals surface area contributed by atoms with Crippen LogP contribution in [0.4, 0.5) is 0 Å². The number of hydrogen-bond acceptors (Lipinski definition) is 3. The standard InChI is InChI=1S/C6H11N3O/c7-3-6-4-8-9(5-6)1-2-10/h4-5,10H,1-3,7H2. The first-order valence-electron chi connectivity index (χ1n) is 3.19. The predicted molar refractivity (Wildman–Crippen MR) is 37.2 cm³/mol. The number of aliphatic hydroxyl groups excluding tert-OH is 1. The lowest BCUT2D eigenvalue weighted by atomic mass is 10.4. The van der Waals surface area contributed by atoms with Crippen LogP contribution in [0.3, 0.4) is 0 Å². The molecule has 1 heterocycles. The van der Waals surface area contributed by atoms with E-state index in [9.17, 15) is 0 Å². The van der Waals surface area contributed by atoms with Gasteiger partial charge in [0.2, 0.25) is 0 Å². The Balaban J connectivity index is 2.59. The maximum absolute atomic E-state index is 8.51. The van der Waals surface area contributed by atoms with E-state index in [1.807, 2.05) is 6.20 Å². The molecule has 0 aliphatic heterocycles. The number of nitrogens with zero attached hydrogens (tertiary/aromatic N) is 2. The molecular formula is C6H11N3O. The average Bonchev–Trinajstić information content (AvgIpc) is 2.37. The molecule has 0 saturated carbocycles. The Morgan fingerprint density at radius 2 is 2.50 bits per heavy atom. The molecule has 1 aromatic rings. The molecule has 1 rings (SSSR count). The molecule has 10 heavy (non-hydrogen) atoms. The maximum atomic E-state index is 8.51. The predicted octanol–water partition coefficient (Wildman–Crippen LogP) is -0.666. The molecule has 1 aromatic heterocycles. The van der Waals surface area contributed by atoms with Crippen LogP contribution >= 0.6 is 0 Å². The van der Waals surface area contributed by atoms with Gasteiger partial charge in [0, 0.05) is 18.3 Å². The van der Waals surface area contributed by atoms with Crippen molar-refractivity contribution in [3.8, 4) is 0 Å². The summed E-state index contributed by atoms with van der Waals surface area (Å²) < 4.78 is 1.67. The molecule has 0 aliphatic rings. The van der Waals surface area contributed by atoms with Crippen LogP contribution in [-0.4, -0.2) is 21.5 Å². The summed E-state index contributed by atoms with van der Waals surface area (Å²) in [6.45, 7) is 1.16. The fourth-order valence-corrected chi connectivity index (χ4v) is 0.737. The third kappa shape index (κ3) is 1.55. The lowest BCUT2D eigenvalue weighted by Gasteiger charge is -1.93. The summed E-state index contributed by atoms with van der Waals surface area (Å²) in [4.78, 5) is 0. The monoisotopic (exact) mass is 141 g/mol. The van der Waals surface area contributed by atoms with Gasteiger partial charge in [-0.1, -0.05) is 0 Å². The number of rotatable bonds is 3. The Morgan fingerprint density at radius 3 is 3.00 bits per heavy atom. The highest BCUT2D eigenvalue weighted by molar-refractivity contribution is 5.02. The molecular weight excluding hydrogens is 130 g/mol. The van der Waals surface area contributed by atoms with Crippen LogP contribution in [0, 0.1) is 0 Å². The largest absolute Gasteiger partial charge is 0.394 e. The third-order valence-electron chi connectivity index (χ3n) is 1.25. The Hall–Kier alpha value is -0.870. The first-order valence-corrected chi connectivity index (χ1v) is 3.19. The van der Waals surface area contributed by atoms with Gasteiger partial charge in [-0.25, -0.2) is 0 Å². The Bertz CT molecular complexity index is 197. The van der Waals surface area contributed by atoms with Crippen LogP contribution < -0.4 is 5.73 Å². The molecule has 0 spiro atoms. The SMILES string of the molecule is NCc1cnn(CCO)c1. The van der Waals surface area contributed by atoms with Crippen molar-refractivity contribution in [3.63, 3.8) is 0 Å². The molecule has 0 saturated heterocycles. The van der Waals surface area contributed by atoms with Gasteiger partial charge in [-0.2, -0.15) is 5.10 Å². The summed E-state index contributed by atoms with van der Waals surface area (Å²) >= 11 is 0. The van der Waals surface area contributed by atoms with Gasteiger partial charge in [-0.15, -0.1) is 0 Å². The summed E-state index contributed by atoms with van der Waals surface area (Å²) in [6, 6.07) is 0. The smallest absolute Gasteiger partial charge is 0.0640 e. The van der Waals surface area contributed by atoms with Crippen LogP contribution in [0.15, 0.2) is 12.4 Å². The van der Waals surface area contributed by atoms with Gasteiger partial charge in [0.05, 0.1) is 19.3 Å². The first kappa shape index (κ1) is 7.24. The molecule has 0 aromatic carbocycles. The van der Waals surface area contributed by atoms with Gasteiger partial charge < -0.3 is 10.8 Å². The second-order valence-corrected chi connectivity index (χ2v) is 2.04. The molecule has 56 valence electrons. The zero-order chi connectivity index (χ0) is 7.40. The van der Waals surface area contributed by atoms with Crippen molar-refractivity contribution in [2.24, 2.45) is 5.73 Å². The van der Waals surface area contributed by atoms with E-state index < -0.39 is 0 Å². The number of nitrogens with two attached hydrogens (primary N) is 1. The van der Waals surface area contributed by atoms with Gasteiger partial charge in [-0.3, -0.25) is 4.68 Å². The third-order valence-corrected chi connectivity index (χ3v) is 1.25. The van der Waals surface area contributed by atoms with Gasteiger partial charge >= 0.3 is 0 Å². The fourth-order valence-electron chi connectivity index (χ4n) is 0.737. The molecule has 3 N–H and O–H groups in total. The quantitative estimate of drug-likeness (QED) is 0.587. The molecule has 0 amide bonds. The van der Waals surface area contributed by atoms with Gasteiger partial charge in [0.1, 0.15) is 0 Å². The van der Waals surface area contributed by atoms with E-state index >= 15 is 0 Å². The maximum Gasteiger partial charge on any atom is 0.0640 e. The van der Waals surface area contributed by atoms with Crippen molar-refractivity contribution >= 4 is 0 Å². The van der Waals surface area contributed by atoms with Crippen molar-refractivity contribution in [3.05, 3.63) is 18.0 Å². The van der Waals surface area contributed by atoms with E-state index in [-0.39, 0.29) is 6.61 Å². The van der Waals surface area contributed by atoms with Crippen LogP contribution in [-0.2, 0) is 13.1 Å². The van der Waals surface area contributed by atoms with E-state index in [4.69, 9.17) is 10.8 Å². The molecule has 0 bridgehead atoms. The van der Waals surface area contributed by atoms with Crippen molar-refractivity contribution in [1.82, 2.24) is 9.78 Å². The molecule has 4 nitrogen and oxygen atoms in total. The van der Waals surface area contributed by atoms with Crippen LogP contribution in [0.2, 0.25) is 0 Å². The minimum atomic E-state index is 0.117. The molecule has 0 fully saturated rings. The highest BCUT2D eigenvalue weighted by Crippen LogP contribution is 1.94. The van der Waals surface area contributed by atoms with Crippen LogP contribution in [0.25, 0.3) is 0 Å². The molecule has 0 atom stereocenters. The van der Waals surface area contributed by atoms with E-state index in [1.54, 1.807) is 10.9 Å². The van der Waals surface area contributed by atoms with Crippen molar-refractivity contribution < 1.29 is 5.11 Å². The average molecular weight is 141 g/mol.